The first-order valence-electron chi connectivity index (χ1n) is 2.54. The van der Waals surface area contributed by atoms with Crippen molar-refractivity contribution >= 4 is 23.1 Å². The van der Waals surface area contributed by atoms with E-state index in [4.69, 9.17) is 12.2 Å². The minimum atomic E-state index is 0.0579. The lowest BCUT2D eigenvalue weighted by molar-refractivity contribution is -0.118. The van der Waals surface area contributed by atoms with Gasteiger partial charge in [-0.2, -0.15) is 0 Å². The van der Waals surface area contributed by atoms with Crippen LogP contribution in [0, 0.1) is 5.92 Å². The molecule has 1 fully saturated rings. The molecule has 1 amide bonds. The molecular formula is C5H7NOS. The summed E-state index contributed by atoms with van der Waals surface area (Å²) in [5, 5.41) is 2.56. The van der Waals surface area contributed by atoms with Crippen molar-refractivity contribution in [2.24, 2.45) is 5.92 Å². The van der Waals surface area contributed by atoms with E-state index in [-0.39, 0.29) is 11.8 Å². The number of amides is 1. The summed E-state index contributed by atoms with van der Waals surface area (Å²) in [5.41, 5.74) is 0. The van der Waals surface area contributed by atoms with Crippen LogP contribution in [0.2, 0.25) is 0 Å². The van der Waals surface area contributed by atoms with Crippen molar-refractivity contribution in [1.29, 1.82) is 0 Å². The van der Waals surface area contributed by atoms with Crippen LogP contribution in [0.5, 0.6) is 0 Å². The second-order valence-corrected chi connectivity index (χ2v) is 2.46. The normalized spacial score (nSPS) is 28.4. The van der Waals surface area contributed by atoms with E-state index in [1.54, 1.807) is 0 Å². The van der Waals surface area contributed by atoms with Crippen molar-refractivity contribution in [1.82, 2.24) is 5.32 Å². The van der Waals surface area contributed by atoms with E-state index >= 15 is 0 Å². The number of carbonyl (C=O) groups excluding carboxylic acids is 1. The first-order chi connectivity index (χ1) is 3.70. The Morgan fingerprint density at radius 1 is 1.88 bits per heavy atom. The average Bonchev–Trinajstić information content (AvgIpc) is 1.85. The number of hydrogen-bond acceptors (Lipinski definition) is 2. The van der Waals surface area contributed by atoms with Crippen LogP contribution in [0.1, 0.15) is 13.3 Å². The van der Waals surface area contributed by atoms with Gasteiger partial charge >= 0.3 is 0 Å². The smallest absolute Gasteiger partial charge is 0.225 e. The van der Waals surface area contributed by atoms with Crippen molar-refractivity contribution in [3.8, 4) is 0 Å². The van der Waals surface area contributed by atoms with E-state index in [1.165, 1.54) is 0 Å². The molecule has 0 aromatic carbocycles. The summed E-state index contributed by atoms with van der Waals surface area (Å²) < 4.78 is 0. The maximum absolute atomic E-state index is 10.5. The molecule has 3 heteroatoms. The number of nitrogens with one attached hydrogen (secondary N) is 1. The summed E-state index contributed by atoms with van der Waals surface area (Å²) in [7, 11) is 0. The van der Waals surface area contributed by atoms with E-state index in [0.29, 0.717) is 11.4 Å². The first-order valence-corrected chi connectivity index (χ1v) is 2.94. The van der Waals surface area contributed by atoms with Crippen LogP contribution < -0.4 is 5.32 Å². The first kappa shape index (κ1) is 5.69. The van der Waals surface area contributed by atoms with Crippen molar-refractivity contribution < 1.29 is 4.79 Å². The lowest BCUT2D eigenvalue weighted by Gasteiger charge is -1.93. The molecule has 0 saturated carbocycles. The molecule has 1 atom stereocenters. The van der Waals surface area contributed by atoms with Gasteiger partial charge in [0.15, 0.2) is 0 Å². The topological polar surface area (TPSA) is 29.1 Å². The van der Waals surface area contributed by atoms with Gasteiger partial charge in [-0.15, -0.1) is 0 Å². The third-order valence-corrected chi connectivity index (χ3v) is 1.71. The van der Waals surface area contributed by atoms with Crippen LogP contribution in [0.15, 0.2) is 0 Å². The summed E-state index contributed by atoms with van der Waals surface area (Å²) in [6.45, 7) is 1.94. The Hall–Kier alpha value is -0.440. The molecule has 1 heterocycles. The SMILES string of the molecule is CC1CC(=O)NC1=S. The zero-order valence-electron chi connectivity index (χ0n) is 4.60. The molecule has 1 saturated heterocycles. The standard InChI is InChI=1S/C5H7NOS/c1-3-2-4(7)6-5(3)8/h3H,2H2,1H3,(H,6,7,8). The highest BCUT2D eigenvalue weighted by Crippen LogP contribution is 2.09. The molecule has 2 nitrogen and oxygen atoms in total. The zero-order valence-corrected chi connectivity index (χ0v) is 5.42. The monoisotopic (exact) mass is 129 g/mol. The van der Waals surface area contributed by atoms with E-state index in [0.717, 1.165) is 0 Å². The predicted octanol–water partition coefficient (Wildman–Crippen LogP) is 0.470. The van der Waals surface area contributed by atoms with Gasteiger partial charge in [0.1, 0.15) is 0 Å². The zero-order chi connectivity index (χ0) is 6.15. The van der Waals surface area contributed by atoms with Gasteiger partial charge in [-0.25, -0.2) is 0 Å². The summed E-state index contributed by atoms with van der Waals surface area (Å²) in [5.74, 6) is 0.319. The van der Waals surface area contributed by atoms with Gasteiger partial charge in [0.05, 0.1) is 4.99 Å². The largest absolute Gasteiger partial charge is 0.320 e. The van der Waals surface area contributed by atoms with Crippen molar-refractivity contribution in [2.45, 2.75) is 13.3 Å². The maximum atomic E-state index is 10.5. The Bertz CT molecular complexity index is 143. The lowest BCUT2D eigenvalue weighted by Crippen LogP contribution is -2.19. The van der Waals surface area contributed by atoms with Gasteiger partial charge in [0, 0.05) is 12.3 Å². The van der Waals surface area contributed by atoms with Crippen LogP contribution in [0.4, 0.5) is 0 Å². The van der Waals surface area contributed by atoms with Gasteiger partial charge in [-0.3, -0.25) is 4.79 Å². The van der Waals surface area contributed by atoms with Crippen molar-refractivity contribution in [2.75, 3.05) is 0 Å². The summed E-state index contributed by atoms with van der Waals surface area (Å²) in [6, 6.07) is 0. The van der Waals surface area contributed by atoms with E-state index in [9.17, 15) is 4.79 Å². The minimum Gasteiger partial charge on any atom is -0.320 e. The Labute approximate surface area is 53.3 Å². The van der Waals surface area contributed by atoms with Gasteiger partial charge in [0.2, 0.25) is 5.91 Å². The highest BCUT2D eigenvalue weighted by Gasteiger charge is 2.21. The van der Waals surface area contributed by atoms with Gasteiger partial charge in [0.25, 0.3) is 0 Å². The number of rotatable bonds is 0. The predicted molar refractivity (Wildman–Crippen MR) is 34.5 cm³/mol. The molecule has 0 bridgehead atoms. The molecule has 1 rings (SSSR count). The fourth-order valence-corrected chi connectivity index (χ4v) is 0.880. The molecule has 8 heavy (non-hydrogen) atoms. The Morgan fingerprint density at radius 3 is 2.62 bits per heavy atom. The molecule has 1 unspecified atom stereocenters. The molecule has 1 N–H and O–H groups in total. The fraction of sp³-hybridized carbons (Fsp3) is 0.600. The molecule has 1 aliphatic heterocycles. The van der Waals surface area contributed by atoms with Crippen LogP contribution in [0.3, 0.4) is 0 Å². The average molecular weight is 129 g/mol. The molecular weight excluding hydrogens is 122 g/mol. The van der Waals surface area contributed by atoms with E-state index < -0.39 is 0 Å². The third kappa shape index (κ3) is 0.865. The van der Waals surface area contributed by atoms with Gasteiger partial charge in [-0.1, -0.05) is 19.1 Å². The summed E-state index contributed by atoms with van der Waals surface area (Å²) >= 11 is 4.79. The van der Waals surface area contributed by atoms with Crippen LogP contribution >= 0.6 is 12.2 Å². The lowest BCUT2D eigenvalue weighted by atomic mass is 10.2. The molecule has 0 spiro atoms. The summed E-state index contributed by atoms with van der Waals surface area (Å²) in [6.07, 6.45) is 0.568. The van der Waals surface area contributed by atoms with E-state index in [1.807, 2.05) is 6.92 Å². The van der Waals surface area contributed by atoms with Gasteiger partial charge < -0.3 is 5.32 Å². The quantitative estimate of drug-likeness (QED) is 0.482. The van der Waals surface area contributed by atoms with Crippen LogP contribution in [-0.4, -0.2) is 10.9 Å². The Balaban J connectivity index is 2.64. The van der Waals surface area contributed by atoms with Crippen LogP contribution in [0.25, 0.3) is 0 Å². The third-order valence-electron chi connectivity index (χ3n) is 1.20. The Morgan fingerprint density at radius 2 is 2.50 bits per heavy atom. The highest BCUT2D eigenvalue weighted by molar-refractivity contribution is 7.80. The number of hydrogen-bond donors (Lipinski definition) is 1. The van der Waals surface area contributed by atoms with Crippen LogP contribution in [-0.2, 0) is 4.79 Å². The van der Waals surface area contributed by atoms with Gasteiger partial charge in [-0.05, 0) is 0 Å². The van der Waals surface area contributed by atoms with Crippen molar-refractivity contribution in [3.05, 3.63) is 0 Å². The molecule has 1 aliphatic rings. The van der Waals surface area contributed by atoms with E-state index in [2.05, 4.69) is 5.32 Å². The molecule has 0 aromatic rings. The second kappa shape index (κ2) is 1.82. The molecule has 0 aliphatic carbocycles. The van der Waals surface area contributed by atoms with Crippen molar-refractivity contribution in [3.63, 3.8) is 0 Å². The second-order valence-electron chi connectivity index (χ2n) is 2.02. The highest BCUT2D eigenvalue weighted by atomic mass is 32.1. The Kier molecular flexibility index (Phi) is 1.29. The molecule has 44 valence electrons. The number of thiocarbonyl (C=S) groups is 1. The molecule has 0 aromatic heterocycles. The maximum Gasteiger partial charge on any atom is 0.225 e. The fourth-order valence-electron chi connectivity index (χ4n) is 0.682. The number of carbonyl (C=O) groups is 1. The summed E-state index contributed by atoms with van der Waals surface area (Å²) in [4.78, 5) is 11.2. The minimum absolute atomic E-state index is 0.0579. The molecule has 0 radical (unpaired) electrons.